The zero-order valence-electron chi connectivity index (χ0n) is 13.5. The number of H-pyrrole nitrogens is 1. The molecule has 0 bridgehead atoms. The van der Waals surface area contributed by atoms with Crippen LogP contribution in [0.4, 0.5) is 11.4 Å². The Morgan fingerprint density at radius 3 is 2.71 bits per heavy atom. The van der Waals surface area contributed by atoms with Gasteiger partial charge in [-0.2, -0.15) is 0 Å². The average Bonchev–Trinajstić information content (AvgIpc) is 3.04. The molecule has 1 heterocycles. The molecule has 2 amide bonds. The van der Waals surface area contributed by atoms with Gasteiger partial charge in [-0.3, -0.25) is 9.59 Å². The number of aromatic nitrogens is 2. The van der Waals surface area contributed by atoms with Crippen LogP contribution in [0, 0.1) is 6.92 Å². The van der Waals surface area contributed by atoms with Gasteiger partial charge < -0.3 is 15.6 Å². The number of nitrogens with one attached hydrogen (secondary N) is 3. The lowest BCUT2D eigenvalue weighted by molar-refractivity contribution is -0.133. The van der Waals surface area contributed by atoms with E-state index in [1.165, 1.54) is 0 Å². The number of hydrogen-bond donors (Lipinski definition) is 3. The fourth-order valence-corrected chi connectivity index (χ4v) is 2.57. The predicted octanol–water partition coefficient (Wildman–Crippen LogP) is 3.01. The van der Waals surface area contributed by atoms with Gasteiger partial charge in [0.25, 0.3) is 0 Å². The lowest BCUT2D eigenvalue weighted by Gasteiger charge is -2.12. The highest BCUT2D eigenvalue weighted by Gasteiger charge is 2.16. The van der Waals surface area contributed by atoms with Gasteiger partial charge >= 0.3 is 11.8 Å². The number of para-hydroxylation sites is 1. The molecule has 24 heavy (non-hydrogen) atoms. The smallest absolute Gasteiger partial charge is 0.314 e. The summed E-state index contributed by atoms with van der Waals surface area (Å²) in [4.78, 5) is 31.4. The van der Waals surface area contributed by atoms with Crippen molar-refractivity contribution in [1.82, 2.24) is 9.97 Å². The molecule has 3 aromatic rings. The van der Waals surface area contributed by atoms with Crippen LogP contribution in [-0.4, -0.2) is 21.8 Å². The number of hydrogen-bond acceptors (Lipinski definition) is 3. The molecule has 6 nitrogen and oxygen atoms in total. The molecule has 2 aromatic carbocycles. The summed E-state index contributed by atoms with van der Waals surface area (Å²) in [6.45, 7) is 3.91. The molecular weight excluding hydrogens is 304 g/mol. The maximum atomic E-state index is 12.2. The first-order valence-corrected chi connectivity index (χ1v) is 7.72. The van der Waals surface area contributed by atoms with Crippen molar-refractivity contribution in [3.63, 3.8) is 0 Å². The van der Waals surface area contributed by atoms with Gasteiger partial charge in [-0.05, 0) is 42.7 Å². The number of carbonyl (C=O) groups is 2. The van der Waals surface area contributed by atoms with E-state index in [1.807, 2.05) is 32.0 Å². The Hall–Kier alpha value is -3.15. The van der Waals surface area contributed by atoms with E-state index >= 15 is 0 Å². The monoisotopic (exact) mass is 322 g/mol. The van der Waals surface area contributed by atoms with E-state index in [2.05, 4.69) is 20.6 Å². The molecule has 0 aliphatic carbocycles. The molecule has 0 atom stereocenters. The number of fused-ring (bicyclic) bond motifs is 1. The Bertz CT molecular complexity index is 914. The lowest BCUT2D eigenvalue weighted by atomic mass is 10.1. The van der Waals surface area contributed by atoms with Crippen molar-refractivity contribution >= 4 is 34.2 Å². The summed E-state index contributed by atoms with van der Waals surface area (Å²) < 4.78 is 0. The highest BCUT2D eigenvalue weighted by Crippen LogP contribution is 2.21. The lowest BCUT2D eigenvalue weighted by Crippen LogP contribution is -2.29. The summed E-state index contributed by atoms with van der Waals surface area (Å²) in [6, 6.07) is 11.0. The normalized spacial score (nSPS) is 10.6. The molecule has 3 rings (SSSR count). The highest BCUT2D eigenvalue weighted by atomic mass is 16.2. The summed E-state index contributed by atoms with van der Waals surface area (Å²) >= 11 is 0. The highest BCUT2D eigenvalue weighted by molar-refractivity contribution is 6.43. The second kappa shape index (κ2) is 6.54. The molecule has 6 heteroatoms. The Labute approximate surface area is 139 Å². The molecule has 0 spiro atoms. The summed E-state index contributed by atoms with van der Waals surface area (Å²) in [5, 5.41) is 5.31. The molecule has 3 N–H and O–H groups in total. The molecule has 0 aliphatic heterocycles. The van der Waals surface area contributed by atoms with E-state index in [1.54, 1.807) is 24.5 Å². The first-order valence-electron chi connectivity index (χ1n) is 7.72. The SMILES string of the molecule is CCc1cccc(C)c1NC(=O)C(=O)Nc1ccc2nc[nH]c2c1. The van der Waals surface area contributed by atoms with Gasteiger partial charge in [-0.15, -0.1) is 0 Å². The first kappa shape index (κ1) is 15.7. The Morgan fingerprint density at radius 2 is 1.92 bits per heavy atom. The molecular formula is C18H18N4O2. The quantitative estimate of drug-likeness (QED) is 0.648. The van der Waals surface area contributed by atoms with Crippen LogP contribution in [0.15, 0.2) is 42.7 Å². The van der Waals surface area contributed by atoms with E-state index < -0.39 is 11.8 Å². The summed E-state index contributed by atoms with van der Waals surface area (Å²) in [5.74, 6) is -1.40. The third kappa shape index (κ3) is 3.12. The van der Waals surface area contributed by atoms with Crippen molar-refractivity contribution in [2.45, 2.75) is 20.3 Å². The second-order valence-electron chi connectivity index (χ2n) is 5.51. The number of amides is 2. The van der Waals surface area contributed by atoms with Crippen molar-refractivity contribution < 1.29 is 9.59 Å². The van der Waals surface area contributed by atoms with Gasteiger partial charge in [0.15, 0.2) is 0 Å². The average molecular weight is 322 g/mol. The van der Waals surface area contributed by atoms with Crippen LogP contribution in [0.3, 0.4) is 0 Å². The third-order valence-electron chi connectivity index (χ3n) is 3.86. The van der Waals surface area contributed by atoms with E-state index in [-0.39, 0.29) is 0 Å². The fourth-order valence-electron chi connectivity index (χ4n) is 2.57. The van der Waals surface area contributed by atoms with Crippen LogP contribution >= 0.6 is 0 Å². The Morgan fingerprint density at radius 1 is 1.12 bits per heavy atom. The van der Waals surface area contributed by atoms with Crippen molar-refractivity contribution in [2.75, 3.05) is 10.6 Å². The number of benzene rings is 2. The molecule has 0 aliphatic rings. The predicted molar refractivity (Wildman–Crippen MR) is 93.9 cm³/mol. The number of imidazole rings is 1. The summed E-state index contributed by atoms with van der Waals surface area (Å²) in [5.41, 5.74) is 4.74. The van der Waals surface area contributed by atoms with E-state index in [0.29, 0.717) is 11.4 Å². The zero-order valence-corrected chi connectivity index (χ0v) is 13.5. The maximum Gasteiger partial charge on any atom is 0.314 e. The molecule has 122 valence electrons. The van der Waals surface area contributed by atoms with Gasteiger partial charge in [0.2, 0.25) is 0 Å². The number of aryl methyl sites for hydroxylation is 2. The van der Waals surface area contributed by atoms with Crippen LogP contribution in [-0.2, 0) is 16.0 Å². The number of rotatable bonds is 3. The van der Waals surface area contributed by atoms with Crippen LogP contribution in [0.1, 0.15) is 18.1 Å². The number of carbonyl (C=O) groups excluding carboxylic acids is 2. The van der Waals surface area contributed by atoms with Gasteiger partial charge in [0.05, 0.1) is 17.4 Å². The van der Waals surface area contributed by atoms with E-state index in [0.717, 1.165) is 28.6 Å². The van der Waals surface area contributed by atoms with Crippen LogP contribution in [0.2, 0.25) is 0 Å². The molecule has 0 unspecified atom stereocenters. The topological polar surface area (TPSA) is 86.9 Å². The first-order chi connectivity index (χ1) is 11.6. The third-order valence-corrected chi connectivity index (χ3v) is 3.86. The fraction of sp³-hybridized carbons (Fsp3) is 0.167. The standard InChI is InChI=1S/C18H18N4O2/c1-3-12-6-4-5-11(2)16(12)22-18(24)17(23)21-13-7-8-14-15(9-13)20-10-19-14/h4-10H,3H2,1-2H3,(H,19,20)(H,21,23)(H,22,24). The maximum absolute atomic E-state index is 12.2. The molecule has 0 radical (unpaired) electrons. The number of nitrogens with zero attached hydrogens (tertiary/aromatic N) is 1. The molecule has 1 aromatic heterocycles. The minimum absolute atomic E-state index is 0.535. The van der Waals surface area contributed by atoms with Crippen molar-refractivity contribution in [3.8, 4) is 0 Å². The van der Waals surface area contributed by atoms with Crippen molar-refractivity contribution in [3.05, 3.63) is 53.9 Å². The van der Waals surface area contributed by atoms with Crippen molar-refractivity contribution in [1.29, 1.82) is 0 Å². The van der Waals surface area contributed by atoms with Gasteiger partial charge in [-0.25, -0.2) is 4.98 Å². The van der Waals surface area contributed by atoms with Crippen molar-refractivity contribution in [2.24, 2.45) is 0 Å². The van der Waals surface area contributed by atoms with E-state index in [4.69, 9.17) is 0 Å². The van der Waals surface area contributed by atoms with Gasteiger partial charge in [-0.1, -0.05) is 25.1 Å². The van der Waals surface area contributed by atoms with Gasteiger partial charge in [0, 0.05) is 11.4 Å². The minimum Gasteiger partial charge on any atom is -0.345 e. The Balaban J connectivity index is 1.74. The van der Waals surface area contributed by atoms with E-state index in [9.17, 15) is 9.59 Å². The van der Waals surface area contributed by atoms with Crippen LogP contribution < -0.4 is 10.6 Å². The summed E-state index contributed by atoms with van der Waals surface area (Å²) in [7, 11) is 0. The van der Waals surface area contributed by atoms with Crippen LogP contribution in [0.5, 0.6) is 0 Å². The zero-order chi connectivity index (χ0) is 17.1. The largest absolute Gasteiger partial charge is 0.345 e. The number of aromatic amines is 1. The minimum atomic E-state index is -0.709. The molecule has 0 fully saturated rings. The second-order valence-corrected chi connectivity index (χ2v) is 5.51. The molecule has 0 saturated heterocycles. The Kier molecular flexibility index (Phi) is 4.29. The van der Waals surface area contributed by atoms with Crippen LogP contribution in [0.25, 0.3) is 11.0 Å². The van der Waals surface area contributed by atoms with Gasteiger partial charge in [0.1, 0.15) is 0 Å². The summed E-state index contributed by atoms with van der Waals surface area (Å²) in [6.07, 6.45) is 2.35. The number of anilines is 2. The molecule has 0 saturated carbocycles.